The molecule has 0 radical (unpaired) electrons. The van der Waals surface area contributed by atoms with Crippen LogP contribution in [0.5, 0.6) is 0 Å². The van der Waals surface area contributed by atoms with Gasteiger partial charge in [-0.2, -0.15) is 0 Å². The molecule has 4 aromatic rings. The summed E-state index contributed by atoms with van der Waals surface area (Å²) in [6.07, 6.45) is 3.30. The molecule has 0 unspecified atom stereocenters. The van der Waals surface area contributed by atoms with Crippen molar-refractivity contribution in [3.63, 3.8) is 0 Å². The van der Waals surface area contributed by atoms with E-state index in [1.54, 1.807) is 18.5 Å². The van der Waals surface area contributed by atoms with Crippen molar-refractivity contribution in [2.75, 3.05) is 24.3 Å². The van der Waals surface area contributed by atoms with Gasteiger partial charge >= 0.3 is 0 Å². The molecule has 2 heterocycles. The van der Waals surface area contributed by atoms with Crippen molar-refractivity contribution in [1.82, 2.24) is 14.5 Å². The van der Waals surface area contributed by atoms with E-state index in [0.29, 0.717) is 22.8 Å². The minimum Gasteiger partial charge on any atom is -0.378 e. The van der Waals surface area contributed by atoms with Crippen LogP contribution in [-0.4, -0.2) is 28.6 Å². The number of anilines is 3. The van der Waals surface area contributed by atoms with E-state index in [-0.39, 0.29) is 10.9 Å². The molecule has 0 fully saturated rings. The highest BCUT2D eigenvalue weighted by molar-refractivity contribution is 5.80. The zero-order valence-corrected chi connectivity index (χ0v) is 15.4. The van der Waals surface area contributed by atoms with Crippen molar-refractivity contribution in [2.45, 2.75) is 0 Å². The summed E-state index contributed by atoms with van der Waals surface area (Å²) >= 11 is 0. The number of nitrogens with one attached hydrogen (secondary N) is 1. The first-order valence-electron chi connectivity index (χ1n) is 8.70. The summed E-state index contributed by atoms with van der Waals surface area (Å²) in [5.41, 5.74) is 2.30. The number of pyridine rings is 1. The van der Waals surface area contributed by atoms with E-state index < -0.39 is 5.82 Å². The molecular weight excluding hydrogens is 357 g/mol. The third-order valence-electron chi connectivity index (χ3n) is 4.35. The molecule has 0 atom stereocenters. The Labute approximate surface area is 160 Å². The fraction of sp³-hybridized carbons (Fsp3) is 0.0952. The van der Waals surface area contributed by atoms with Crippen molar-refractivity contribution in [1.29, 1.82) is 0 Å². The molecular formula is C21H18FN5O. The van der Waals surface area contributed by atoms with Gasteiger partial charge in [0.2, 0.25) is 5.95 Å². The molecule has 0 spiro atoms. The highest BCUT2D eigenvalue weighted by Crippen LogP contribution is 2.22. The number of aromatic nitrogens is 3. The maximum Gasteiger partial charge on any atom is 0.267 e. The molecule has 0 aliphatic rings. The lowest BCUT2D eigenvalue weighted by molar-refractivity contribution is 0.629. The molecule has 0 aliphatic carbocycles. The molecule has 0 saturated heterocycles. The van der Waals surface area contributed by atoms with Crippen molar-refractivity contribution in [2.24, 2.45) is 0 Å². The summed E-state index contributed by atoms with van der Waals surface area (Å²) in [5, 5.41) is 3.36. The molecule has 0 saturated carbocycles. The number of fused-ring (bicyclic) bond motifs is 1. The van der Waals surface area contributed by atoms with Crippen LogP contribution < -0.4 is 15.8 Å². The van der Waals surface area contributed by atoms with Gasteiger partial charge in [-0.3, -0.25) is 9.78 Å². The van der Waals surface area contributed by atoms with Crippen LogP contribution in [0.3, 0.4) is 0 Å². The second-order valence-electron chi connectivity index (χ2n) is 6.52. The maximum absolute atomic E-state index is 13.8. The highest BCUT2D eigenvalue weighted by Gasteiger charge is 2.14. The minimum atomic E-state index is -0.479. The summed E-state index contributed by atoms with van der Waals surface area (Å²) in [6, 6.07) is 15.1. The predicted octanol–water partition coefficient (Wildman–Crippen LogP) is 3.73. The van der Waals surface area contributed by atoms with E-state index in [2.05, 4.69) is 15.3 Å². The zero-order chi connectivity index (χ0) is 19.7. The van der Waals surface area contributed by atoms with E-state index >= 15 is 0 Å². The van der Waals surface area contributed by atoms with Gasteiger partial charge in [0, 0.05) is 26.0 Å². The summed E-state index contributed by atoms with van der Waals surface area (Å²) in [4.78, 5) is 23.9. The molecule has 0 aliphatic heterocycles. The lowest BCUT2D eigenvalue weighted by Gasteiger charge is -2.17. The molecule has 7 heteroatoms. The lowest BCUT2D eigenvalue weighted by Crippen LogP contribution is -2.23. The van der Waals surface area contributed by atoms with Crippen molar-refractivity contribution in [3.8, 4) is 5.69 Å². The maximum atomic E-state index is 13.8. The smallest absolute Gasteiger partial charge is 0.267 e. The molecule has 28 heavy (non-hydrogen) atoms. The van der Waals surface area contributed by atoms with E-state index in [9.17, 15) is 9.18 Å². The first-order valence-corrected chi connectivity index (χ1v) is 8.70. The Morgan fingerprint density at radius 2 is 1.93 bits per heavy atom. The first kappa shape index (κ1) is 17.7. The molecule has 1 N–H and O–H groups in total. The van der Waals surface area contributed by atoms with Gasteiger partial charge in [-0.05, 0) is 48.5 Å². The number of hydrogen-bond acceptors (Lipinski definition) is 5. The van der Waals surface area contributed by atoms with E-state index in [1.807, 2.05) is 49.3 Å². The van der Waals surface area contributed by atoms with Gasteiger partial charge in [-0.25, -0.2) is 13.9 Å². The Balaban J connectivity index is 1.98. The Morgan fingerprint density at radius 3 is 2.68 bits per heavy atom. The van der Waals surface area contributed by atoms with E-state index in [4.69, 9.17) is 0 Å². The number of benzene rings is 2. The van der Waals surface area contributed by atoms with Gasteiger partial charge in [0.25, 0.3) is 5.56 Å². The van der Waals surface area contributed by atoms with Crippen LogP contribution in [0.4, 0.5) is 21.7 Å². The van der Waals surface area contributed by atoms with Crippen LogP contribution in [-0.2, 0) is 0 Å². The van der Waals surface area contributed by atoms with Gasteiger partial charge in [0.05, 0.1) is 28.5 Å². The molecule has 4 rings (SSSR count). The summed E-state index contributed by atoms with van der Waals surface area (Å²) in [7, 11) is 3.84. The standard InChI is InChI=1S/C21H18FN5O/c1-26(2)16-6-3-7-17(12-16)27-20(28)18-11-14(22)8-9-19(18)25-21(27)24-15-5-4-10-23-13-15/h3-13H,1-2H3,(H,24,25). The first-order chi connectivity index (χ1) is 13.5. The number of nitrogens with zero attached hydrogens (tertiary/aromatic N) is 4. The van der Waals surface area contributed by atoms with Crippen LogP contribution in [0.1, 0.15) is 0 Å². The molecule has 140 valence electrons. The molecule has 2 aromatic heterocycles. The molecule has 0 bridgehead atoms. The SMILES string of the molecule is CN(C)c1cccc(-n2c(Nc3cccnc3)nc3ccc(F)cc3c2=O)c1. The Kier molecular flexibility index (Phi) is 4.49. The van der Waals surface area contributed by atoms with Gasteiger partial charge in [0.15, 0.2) is 0 Å². The average Bonchev–Trinajstić information content (AvgIpc) is 2.70. The third kappa shape index (κ3) is 3.29. The molecule has 2 aromatic carbocycles. The van der Waals surface area contributed by atoms with Crippen molar-refractivity contribution in [3.05, 3.63) is 83.2 Å². The number of halogens is 1. The second kappa shape index (κ2) is 7.11. The normalized spacial score (nSPS) is 10.8. The quantitative estimate of drug-likeness (QED) is 0.589. The van der Waals surface area contributed by atoms with E-state index in [1.165, 1.54) is 22.8 Å². The van der Waals surface area contributed by atoms with Gasteiger partial charge < -0.3 is 10.2 Å². The van der Waals surface area contributed by atoms with Crippen molar-refractivity contribution >= 4 is 28.2 Å². The average molecular weight is 375 g/mol. The zero-order valence-electron chi connectivity index (χ0n) is 15.4. The number of hydrogen-bond donors (Lipinski definition) is 1. The highest BCUT2D eigenvalue weighted by atomic mass is 19.1. The van der Waals surface area contributed by atoms with Crippen LogP contribution in [0, 0.1) is 5.82 Å². The van der Waals surface area contributed by atoms with Crippen LogP contribution in [0.2, 0.25) is 0 Å². The monoisotopic (exact) mass is 375 g/mol. The lowest BCUT2D eigenvalue weighted by atomic mass is 10.2. The summed E-state index contributed by atoms with van der Waals surface area (Å²) in [6.45, 7) is 0. The van der Waals surface area contributed by atoms with Gasteiger partial charge in [-0.1, -0.05) is 6.07 Å². The Bertz CT molecular complexity index is 1200. The van der Waals surface area contributed by atoms with Gasteiger partial charge in [0.1, 0.15) is 5.82 Å². The third-order valence-corrected chi connectivity index (χ3v) is 4.35. The predicted molar refractivity (Wildman–Crippen MR) is 109 cm³/mol. The largest absolute Gasteiger partial charge is 0.378 e. The summed E-state index contributed by atoms with van der Waals surface area (Å²) < 4.78 is 15.2. The molecule has 0 amide bonds. The van der Waals surface area contributed by atoms with Gasteiger partial charge in [-0.15, -0.1) is 0 Å². The Hall–Kier alpha value is -3.74. The van der Waals surface area contributed by atoms with Crippen LogP contribution >= 0.6 is 0 Å². The topological polar surface area (TPSA) is 63.1 Å². The number of rotatable bonds is 4. The minimum absolute atomic E-state index is 0.215. The fourth-order valence-corrected chi connectivity index (χ4v) is 2.96. The second-order valence-corrected chi connectivity index (χ2v) is 6.52. The van der Waals surface area contributed by atoms with Crippen LogP contribution in [0.15, 0.2) is 71.8 Å². The fourth-order valence-electron chi connectivity index (χ4n) is 2.96. The van der Waals surface area contributed by atoms with Crippen molar-refractivity contribution < 1.29 is 4.39 Å². The van der Waals surface area contributed by atoms with E-state index in [0.717, 1.165) is 5.69 Å². The summed E-state index contributed by atoms with van der Waals surface area (Å²) in [5.74, 6) is -0.152. The molecule has 6 nitrogen and oxygen atoms in total. The van der Waals surface area contributed by atoms with Crippen LogP contribution in [0.25, 0.3) is 16.6 Å². The Morgan fingerprint density at radius 1 is 1.07 bits per heavy atom.